The van der Waals surface area contributed by atoms with Crippen LogP contribution in [0.3, 0.4) is 0 Å². The summed E-state index contributed by atoms with van der Waals surface area (Å²) in [5, 5.41) is 26.3. The highest BCUT2D eigenvalue weighted by Crippen LogP contribution is 2.15. The Balaban J connectivity index is 5.06. The molecule has 26 heteroatoms. The first-order valence-corrected chi connectivity index (χ1v) is 38.6. The molecule has 0 fully saturated rings. The van der Waals surface area contributed by atoms with Crippen molar-refractivity contribution in [2.45, 2.75) is 339 Å². The fourth-order valence-electron chi connectivity index (χ4n) is 11.6. The molecule has 0 spiro atoms. The van der Waals surface area contributed by atoms with E-state index in [4.69, 9.17) is 40.1 Å². The van der Waals surface area contributed by atoms with Gasteiger partial charge in [0, 0.05) is 45.3 Å². The van der Waals surface area contributed by atoms with Crippen LogP contribution in [0.25, 0.3) is 0 Å². The SMILES string of the molecule is CCCCCCCCCCCC(=O)NC(CCCCN)C(=O)NCCCCCCCC(=O)NC(CCCCN)C(=O)NC(CCCCN)C(=O)NCCCCCCCC(=O)NC(CCCCN)C(=O)NC(CCCCN)C(=O)NCCCCCCCC(=O)NC(CCCCN)C(N)=O. The largest absolute Gasteiger partial charge is 0.368 e. The van der Waals surface area contributed by atoms with Gasteiger partial charge in [0.2, 0.25) is 59.1 Å². The Hall–Kier alpha value is -5.54. The molecule has 0 aromatic carbocycles. The smallest absolute Gasteiger partial charge is 0.243 e. The van der Waals surface area contributed by atoms with Crippen molar-refractivity contribution in [2.24, 2.45) is 40.1 Å². The summed E-state index contributed by atoms with van der Waals surface area (Å²) in [5.41, 5.74) is 39.8. The zero-order chi connectivity index (χ0) is 72.5. The van der Waals surface area contributed by atoms with E-state index in [1.54, 1.807) is 0 Å². The molecule has 6 atom stereocenters. The Labute approximate surface area is 590 Å². The van der Waals surface area contributed by atoms with Crippen LogP contribution in [0.4, 0.5) is 0 Å². The summed E-state index contributed by atoms with van der Waals surface area (Å²) in [7, 11) is 0. The Morgan fingerprint density at radius 3 is 0.684 bits per heavy atom. The summed E-state index contributed by atoms with van der Waals surface area (Å²) in [6.45, 7) is 6.30. The van der Waals surface area contributed by atoms with E-state index in [2.05, 4.69) is 54.8 Å². The van der Waals surface area contributed by atoms with Gasteiger partial charge in [-0.25, -0.2) is 0 Å². The van der Waals surface area contributed by atoms with Crippen LogP contribution in [0.1, 0.15) is 302 Å². The number of primary amides is 1. The number of rotatable bonds is 70. The molecular formula is C72H142N16O10. The average Bonchev–Trinajstić information content (AvgIpc) is 1.59. The summed E-state index contributed by atoms with van der Waals surface area (Å²) >= 11 is 0. The normalized spacial score (nSPS) is 13.1. The van der Waals surface area contributed by atoms with Crippen molar-refractivity contribution in [2.75, 3.05) is 58.9 Å². The van der Waals surface area contributed by atoms with E-state index < -0.39 is 54.0 Å². The Morgan fingerprint density at radius 2 is 0.439 bits per heavy atom. The third-order valence-corrected chi connectivity index (χ3v) is 17.7. The minimum Gasteiger partial charge on any atom is -0.368 e. The average molecular weight is 1390 g/mol. The topological polar surface area (TPSA) is 461 Å². The molecule has 0 aliphatic carbocycles. The van der Waals surface area contributed by atoms with Gasteiger partial charge in [0.05, 0.1) is 0 Å². The molecule has 0 saturated carbocycles. The number of nitrogens with two attached hydrogens (primary N) is 7. The van der Waals surface area contributed by atoms with Crippen LogP contribution in [-0.2, 0) is 47.9 Å². The molecule has 0 aromatic heterocycles. The minimum absolute atomic E-state index is 0.0849. The summed E-state index contributed by atoms with van der Waals surface area (Å²) < 4.78 is 0. The van der Waals surface area contributed by atoms with E-state index in [-0.39, 0.29) is 60.6 Å². The number of carbonyl (C=O) groups is 10. The van der Waals surface area contributed by atoms with Crippen LogP contribution in [0.5, 0.6) is 0 Å². The second kappa shape index (κ2) is 66.0. The van der Waals surface area contributed by atoms with Crippen molar-refractivity contribution in [1.82, 2.24) is 47.9 Å². The van der Waals surface area contributed by atoms with Gasteiger partial charge in [0.15, 0.2) is 0 Å². The number of hydrogen-bond donors (Lipinski definition) is 16. The van der Waals surface area contributed by atoms with Crippen molar-refractivity contribution >= 4 is 59.1 Å². The highest BCUT2D eigenvalue weighted by atomic mass is 16.2. The fraction of sp³-hybridized carbons (Fsp3) is 0.861. The first-order valence-electron chi connectivity index (χ1n) is 38.6. The number of nitrogens with one attached hydrogen (secondary N) is 9. The minimum atomic E-state index is -0.848. The summed E-state index contributed by atoms with van der Waals surface area (Å²) in [6.07, 6.45) is 33.7. The Morgan fingerprint density at radius 1 is 0.235 bits per heavy atom. The number of hydrogen-bond acceptors (Lipinski definition) is 16. The first-order chi connectivity index (χ1) is 47.5. The van der Waals surface area contributed by atoms with Gasteiger partial charge < -0.3 is 88.0 Å². The molecule has 26 nitrogen and oxygen atoms in total. The van der Waals surface area contributed by atoms with Crippen LogP contribution < -0.4 is 88.0 Å². The molecule has 0 heterocycles. The van der Waals surface area contributed by atoms with Gasteiger partial charge in [-0.1, -0.05) is 116 Å². The zero-order valence-corrected chi connectivity index (χ0v) is 61.0. The molecule has 0 aliphatic rings. The molecule has 0 bridgehead atoms. The third kappa shape index (κ3) is 53.4. The zero-order valence-electron chi connectivity index (χ0n) is 61.0. The van der Waals surface area contributed by atoms with E-state index in [9.17, 15) is 47.9 Å². The molecule has 0 rings (SSSR count). The van der Waals surface area contributed by atoms with E-state index >= 15 is 0 Å². The molecule has 0 aromatic rings. The highest BCUT2D eigenvalue weighted by molar-refractivity contribution is 5.93. The fourth-order valence-corrected chi connectivity index (χ4v) is 11.6. The van der Waals surface area contributed by atoms with Crippen molar-refractivity contribution in [1.29, 1.82) is 0 Å². The predicted octanol–water partition coefficient (Wildman–Crippen LogP) is 5.45. The van der Waals surface area contributed by atoms with Crippen LogP contribution in [0.15, 0.2) is 0 Å². The maximum absolute atomic E-state index is 13.8. The Bertz CT molecular complexity index is 2100. The molecule has 0 radical (unpaired) electrons. The lowest BCUT2D eigenvalue weighted by Gasteiger charge is -2.23. The molecular weight excluding hydrogens is 1250 g/mol. The summed E-state index contributed by atoms with van der Waals surface area (Å²) in [4.78, 5) is 131. The standard InChI is InChI=1S/C72H142N16O10/c1-2-3-4-5-6-7-8-12-19-45-64(90)84-58(39-24-30-49-74)68(94)80-54-35-16-10-14-21-46-65(91)85-61(42-27-33-52-77)71(97)88-60(41-26-32-51-76)70(96)82-56-37-18-11-15-22-47-66(92)86-62(43-28-34-53-78)72(98)87-59(40-25-31-50-75)69(95)81-55-36-17-9-13-20-44-63(89)83-57(67(79)93)38-23-29-48-73/h57-62H,2-56,73-78H2,1H3,(H2,79,93)(H,80,94)(H,81,95)(H,82,96)(H,83,89)(H,84,90)(H,85,91)(H,86,92)(H,87,98)(H,88,97). The first kappa shape index (κ1) is 92.5. The lowest BCUT2D eigenvalue weighted by Crippen LogP contribution is -2.53. The van der Waals surface area contributed by atoms with Gasteiger partial charge in [-0.15, -0.1) is 0 Å². The monoisotopic (exact) mass is 1390 g/mol. The number of carbonyl (C=O) groups excluding carboxylic acids is 10. The van der Waals surface area contributed by atoms with Gasteiger partial charge in [-0.3, -0.25) is 47.9 Å². The van der Waals surface area contributed by atoms with E-state index in [1.165, 1.54) is 38.5 Å². The predicted molar refractivity (Wildman–Crippen MR) is 392 cm³/mol. The van der Waals surface area contributed by atoms with Crippen molar-refractivity contribution in [3.63, 3.8) is 0 Å². The van der Waals surface area contributed by atoms with Gasteiger partial charge in [-0.2, -0.15) is 0 Å². The van der Waals surface area contributed by atoms with Crippen LogP contribution in [0, 0.1) is 0 Å². The van der Waals surface area contributed by atoms with Crippen molar-refractivity contribution in [3.8, 4) is 0 Å². The highest BCUT2D eigenvalue weighted by Gasteiger charge is 2.29. The van der Waals surface area contributed by atoms with E-state index in [0.717, 1.165) is 103 Å². The molecule has 6 unspecified atom stereocenters. The van der Waals surface area contributed by atoms with E-state index in [1.807, 2.05) is 0 Å². The van der Waals surface area contributed by atoms with Gasteiger partial charge in [0.25, 0.3) is 0 Å². The number of unbranched alkanes of at least 4 members (excludes halogenated alkanes) is 26. The van der Waals surface area contributed by atoms with Crippen molar-refractivity contribution in [3.05, 3.63) is 0 Å². The van der Waals surface area contributed by atoms with Crippen LogP contribution in [-0.4, -0.2) is 154 Å². The van der Waals surface area contributed by atoms with Gasteiger partial charge in [-0.05, 0) is 200 Å². The number of amides is 10. The third-order valence-electron chi connectivity index (χ3n) is 17.7. The maximum Gasteiger partial charge on any atom is 0.243 e. The van der Waals surface area contributed by atoms with E-state index in [0.29, 0.717) is 194 Å². The maximum atomic E-state index is 13.8. The lowest BCUT2D eigenvalue weighted by atomic mass is 10.0. The molecule has 98 heavy (non-hydrogen) atoms. The second-order valence-corrected chi connectivity index (χ2v) is 26.7. The lowest BCUT2D eigenvalue weighted by molar-refractivity contribution is -0.132. The molecule has 570 valence electrons. The van der Waals surface area contributed by atoms with Gasteiger partial charge >= 0.3 is 0 Å². The van der Waals surface area contributed by atoms with Crippen LogP contribution >= 0.6 is 0 Å². The Kier molecular flexibility index (Phi) is 62.3. The molecule has 10 amide bonds. The molecule has 23 N–H and O–H groups in total. The van der Waals surface area contributed by atoms with Crippen molar-refractivity contribution < 1.29 is 47.9 Å². The quantitative estimate of drug-likeness (QED) is 0.0337. The van der Waals surface area contributed by atoms with Crippen LogP contribution in [0.2, 0.25) is 0 Å². The molecule has 0 saturated heterocycles. The summed E-state index contributed by atoms with van der Waals surface area (Å²) in [5.74, 6) is -3.01. The molecule has 0 aliphatic heterocycles. The van der Waals surface area contributed by atoms with Gasteiger partial charge in [0.1, 0.15) is 36.3 Å². The summed E-state index contributed by atoms with van der Waals surface area (Å²) in [6, 6.07) is -4.60. The second-order valence-electron chi connectivity index (χ2n) is 26.7.